The molecule has 1 fully saturated rings. The van der Waals surface area contributed by atoms with Crippen LogP contribution >= 0.6 is 24.8 Å². The lowest BCUT2D eigenvalue weighted by atomic mass is 10.0. The summed E-state index contributed by atoms with van der Waals surface area (Å²) in [6, 6.07) is 8.71. The number of nitriles is 1. The van der Waals surface area contributed by atoms with Crippen LogP contribution in [0.2, 0.25) is 0 Å². The Morgan fingerprint density at radius 2 is 1.95 bits per heavy atom. The zero-order chi connectivity index (χ0) is 14.4. The molecule has 0 bridgehead atoms. The number of benzene rings is 1. The van der Waals surface area contributed by atoms with Gasteiger partial charge in [-0.3, -0.25) is 4.90 Å². The summed E-state index contributed by atoms with van der Waals surface area (Å²) in [5, 5.41) is 12.3. The molecule has 1 aliphatic heterocycles. The van der Waals surface area contributed by atoms with Gasteiger partial charge in [0.2, 0.25) is 0 Å². The lowest BCUT2D eigenvalue weighted by Crippen LogP contribution is -2.45. The van der Waals surface area contributed by atoms with Gasteiger partial charge in [-0.15, -0.1) is 24.8 Å². The lowest BCUT2D eigenvalue weighted by Gasteiger charge is -2.34. The van der Waals surface area contributed by atoms with E-state index in [1.165, 1.54) is 6.07 Å². The molecule has 1 aliphatic rings. The summed E-state index contributed by atoms with van der Waals surface area (Å²) >= 11 is 0. The van der Waals surface area contributed by atoms with Crippen LogP contribution in [0.25, 0.3) is 0 Å². The van der Waals surface area contributed by atoms with Crippen LogP contribution in [-0.2, 0) is 0 Å². The Bertz CT molecular complexity index is 479. The molecule has 0 spiro atoms. The fraction of sp³-hybridized carbons (Fsp3) is 0.500. The molecule has 1 atom stereocenters. The lowest BCUT2D eigenvalue weighted by molar-refractivity contribution is -0.0499. The topological polar surface area (TPSA) is 48.3 Å². The van der Waals surface area contributed by atoms with Crippen molar-refractivity contribution in [2.45, 2.75) is 19.1 Å². The maximum absolute atomic E-state index is 12.3. The van der Waals surface area contributed by atoms with Gasteiger partial charge in [0.1, 0.15) is 5.75 Å². The fourth-order valence-corrected chi connectivity index (χ4v) is 2.44. The van der Waals surface area contributed by atoms with Crippen LogP contribution in [0.4, 0.5) is 8.78 Å². The van der Waals surface area contributed by atoms with E-state index in [0.29, 0.717) is 6.42 Å². The van der Waals surface area contributed by atoms with Crippen LogP contribution in [0.5, 0.6) is 5.75 Å². The van der Waals surface area contributed by atoms with Gasteiger partial charge in [0.15, 0.2) is 0 Å². The number of rotatable bonds is 5. The highest BCUT2D eigenvalue weighted by Crippen LogP contribution is 2.27. The Balaban J connectivity index is 0.00000220. The van der Waals surface area contributed by atoms with Crippen molar-refractivity contribution in [2.75, 3.05) is 26.2 Å². The molecule has 0 unspecified atom stereocenters. The minimum Gasteiger partial charge on any atom is -0.435 e. The van der Waals surface area contributed by atoms with Crippen LogP contribution in [0.1, 0.15) is 18.0 Å². The highest BCUT2D eigenvalue weighted by Gasteiger charge is 2.22. The first-order valence-corrected chi connectivity index (χ1v) is 6.57. The molecular weight excluding hydrogens is 335 g/mol. The third kappa shape index (κ3) is 5.93. The van der Waals surface area contributed by atoms with Crippen molar-refractivity contribution in [1.82, 2.24) is 10.2 Å². The molecule has 1 aromatic rings. The van der Waals surface area contributed by atoms with Crippen LogP contribution in [-0.4, -0.2) is 37.7 Å². The van der Waals surface area contributed by atoms with Crippen molar-refractivity contribution in [3.05, 3.63) is 29.8 Å². The second kappa shape index (κ2) is 10.6. The van der Waals surface area contributed by atoms with Crippen molar-refractivity contribution in [1.29, 1.82) is 5.26 Å². The summed E-state index contributed by atoms with van der Waals surface area (Å²) in [5.41, 5.74) is 0.839. The van der Waals surface area contributed by atoms with E-state index in [4.69, 9.17) is 5.26 Å². The zero-order valence-corrected chi connectivity index (χ0v) is 13.5. The Labute approximate surface area is 141 Å². The normalized spacial score (nSPS) is 16.1. The SMILES string of the molecule is Cl.Cl.N#CC[C@@H](c1cccc(OC(F)F)c1)N1CCNCC1. The van der Waals surface area contributed by atoms with Gasteiger partial charge in [0.05, 0.1) is 12.5 Å². The molecule has 1 aromatic carbocycles. The van der Waals surface area contributed by atoms with Gasteiger partial charge in [-0.1, -0.05) is 12.1 Å². The average Bonchev–Trinajstić information content (AvgIpc) is 2.45. The van der Waals surface area contributed by atoms with Gasteiger partial charge in [-0.25, -0.2) is 0 Å². The number of nitrogens with one attached hydrogen (secondary N) is 1. The number of nitrogens with zero attached hydrogens (tertiary/aromatic N) is 2. The molecule has 124 valence electrons. The quantitative estimate of drug-likeness (QED) is 0.883. The molecule has 1 heterocycles. The summed E-state index contributed by atoms with van der Waals surface area (Å²) in [6.45, 7) is 0.585. The van der Waals surface area contributed by atoms with E-state index in [2.05, 4.69) is 21.0 Å². The first-order valence-electron chi connectivity index (χ1n) is 6.57. The smallest absolute Gasteiger partial charge is 0.387 e. The van der Waals surface area contributed by atoms with Gasteiger partial charge in [-0.05, 0) is 17.7 Å². The van der Waals surface area contributed by atoms with Gasteiger partial charge < -0.3 is 10.1 Å². The molecule has 22 heavy (non-hydrogen) atoms. The summed E-state index contributed by atoms with van der Waals surface area (Å²) in [6.07, 6.45) is 0.331. The zero-order valence-electron chi connectivity index (χ0n) is 11.9. The van der Waals surface area contributed by atoms with Crippen LogP contribution in [0.15, 0.2) is 24.3 Å². The highest BCUT2D eigenvalue weighted by molar-refractivity contribution is 5.85. The third-order valence-corrected chi connectivity index (χ3v) is 3.35. The van der Waals surface area contributed by atoms with Crippen molar-refractivity contribution < 1.29 is 13.5 Å². The minimum absolute atomic E-state index is 0. The summed E-state index contributed by atoms with van der Waals surface area (Å²) in [7, 11) is 0. The number of hydrogen-bond acceptors (Lipinski definition) is 4. The molecule has 0 amide bonds. The van der Waals surface area contributed by atoms with Gasteiger partial charge in [0.25, 0.3) is 0 Å². The maximum Gasteiger partial charge on any atom is 0.387 e. The monoisotopic (exact) mass is 353 g/mol. The molecule has 0 aromatic heterocycles. The summed E-state index contributed by atoms with van der Waals surface area (Å²) in [5.74, 6) is 0.135. The van der Waals surface area contributed by atoms with Crippen molar-refractivity contribution in [3.8, 4) is 11.8 Å². The number of hydrogen-bond donors (Lipinski definition) is 1. The first-order chi connectivity index (χ1) is 9.70. The van der Waals surface area contributed by atoms with Crippen molar-refractivity contribution >= 4 is 24.8 Å². The standard InChI is InChI=1S/C14H17F2N3O.2ClH/c15-14(16)20-12-3-1-2-11(10-12)13(4-5-17)19-8-6-18-7-9-19;;/h1-3,10,13-14,18H,4,6-9H2;2*1H/t13-;;/m0../s1. The molecule has 0 aliphatic carbocycles. The summed E-state index contributed by atoms with van der Waals surface area (Å²) < 4.78 is 28.9. The maximum atomic E-state index is 12.3. The number of alkyl halides is 2. The highest BCUT2D eigenvalue weighted by atomic mass is 35.5. The van der Waals surface area contributed by atoms with Crippen LogP contribution < -0.4 is 10.1 Å². The Hall–Kier alpha value is -1.13. The molecular formula is C14H19Cl2F2N3O. The summed E-state index contributed by atoms with van der Waals surface area (Å²) in [4.78, 5) is 2.20. The van der Waals surface area contributed by atoms with Crippen molar-refractivity contribution in [3.63, 3.8) is 0 Å². The third-order valence-electron chi connectivity index (χ3n) is 3.35. The predicted octanol–water partition coefficient (Wildman–Crippen LogP) is 2.99. The first kappa shape index (κ1) is 20.9. The molecule has 1 N–H and O–H groups in total. The average molecular weight is 354 g/mol. The second-order valence-electron chi connectivity index (χ2n) is 4.61. The molecule has 0 radical (unpaired) electrons. The van der Waals surface area contributed by atoms with Gasteiger partial charge in [0, 0.05) is 32.2 Å². The van der Waals surface area contributed by atoms with E-state index >= 15 is 0 Å². The van der Waals surface area contributed by atoms with E-state index < -0.39 is 6.61 Å². The van der Waals surface area contributed by atoms with Crippen LogP contribution in [0, 0.1) is 11.3 Å². The molecule has 1 saturated heterocycles. The Morgan fingerprint density at radius 1 is 1.27 bits per heavy atom. The largest absolute Gasteiger partial charge is 0.435 e. The van der Waals surface area contributed by atoms with E-state index in [-0.39, 0.29) is 36.6 Å². The van der Waals surface area contributed by atoms with E-state index in [0.717, 1.165) is 31.7 Å². The Morgan fingerprint density at radius 3 is 2.55 bits per heavy atom. The van der Waals surface area contributed by atoms with Gasteiger partial charge >= 0.3 is 6.61 Å². The van der Waals surface area contributed by atoms with E-state index in [1.807, 2.05) is 6.07 Å². The fourth-order valence-electron chi connectivity index (χ4n) is 2.44. The Kier molecular flexibility index (Phi) is 10.0. The number of halogens is 4. The molecule has 4 nitrogen and oxygen atoms in total. The number of piperazine rings is 1. The second-order valence-corrected chi connectivity index (χ2v) is 4.61. The molecule has 0 saturated carbocycles. The van der Waals surface area contributed by atoms with E-state index in [1.54, 1.807) is 12.1 Å². The van der Waals surface area contributed by atoms with E-state index in [9.17, 15) is 8.78 Å². The molecule has 2 rings (SSSR count). The van der Waals surface area contributed by atoms with Gasteiger partial charge in [-0.2, -0.15) is 14.0 Å². The minimum atomic E-state index is -2.83. The number of ether oxygens (including phenoxy) is 1. The molecule has 8 heteroatoms. The van der Waals surface area contributed by atoms with Crippen molar-refractivity contribution in [2.24, 2.45) is 0 Å². The van der Waals surface area contributed by atoms with Crippen LogP contribution in [0.3, 0.4) is 0 Å². The predicted molar refractivity (Wildman–Crippen MR) is 85.0 cm³/mol.